The molecule has 1 saturated carbocycles. The summed E-state index contributed by atoms with van der Waals surface area (Å²) >= 11 is 1.07. The molecule has 0 spiro atoms. The number of fused-ring (bicyclic) bond motifs is 2. The van der Waals surface area contributed by atoms with Crippen LogP contribution in [-0.4, -0.2) is 54.3 Å². The minimum Gasteiger partial charge on any atom is -0.384 e. The van der Waals surface area contributed by atoms with Gasteiger partial charge in [-0.25, -0.2) is 31.6 Å². The molecule has 8 radical (unpaired) electrons. The molecule has 0 atom stereocenters. The molecule has 8 nitrogen and oxygen atoms in total. The van der Waals surface area contributed by atoms with Crippen LogP contribution in [0.25, 0.3) is 32.2 Å². The largest absolute Gasteiger partial charge is 0.384 e. The van der Waals surface area contributed by atoms with Crippen molar-refractivity contribution in [2.24, 2.45) is 0 Å². The summed E-state index contributed by atoms with van der Waals surface area (Å²) in [7, 11) is 19.3. The van der Waals surface area contributed by atoms with Gasteiger partial charge < -0.3 is 10.3 Å². The average molecular weight is 583 g/mol. The highest BCUT2D eigenvalue weighted by molar-refractivity contribution is 7.92. The van der Waals surface area contributed by atoms with E-state index in [1.54, 1.807) is 0 Å². The second kappa shape index (κ2) is 8.89. The lowest BCUT2D eigenvalue weighted by molar-refractivity contribution is 0.569. The fourth-order valence-electron chi connectivity index (χ4n) is 4.80. The monoisotopic (exact) mass is 583 g/mol. The predicted molar refractivity (Wildman–Crippen MR) is 154 cm³/mol. The molecule has 3 N–H and O–H groups in total. The number of thiazole rings is 1. The van der Waals surface area contributed by atoms with E-state index in [2.05, 4.69) is 9.97 Å². The summed E-state index contributed by atoms with van der Waals surface area (Å²) in [5.41, 5.74) is 4.39. The molecular weight excluding hydrogens is 571 g/mol. The smallest absolute Gasteiger partial charge is 0.264 e. The minimum absolute atomic E-state index is 0.0100. The van der Waals surface area contributed by atoms with E-state index in [-0.39, 0.29) is 22.2 Å². The second-order valence-corrected chi connectivity index (χ2v) is 12.2. The van der Waals surface area contributed by atoms with Crippen LogP contribution in [0.5, 0.6) is 0 Å². The van der Waals surface area contributed by atoms with E-state index in [0.29, 0.717) is 4.70 Å². The van der Waals surface area contributed by atoms with Crippen LogP contribution in [0.3, 0.4) is 0 Å². The Balaban J connectivity index is 1.53. The molecule has 41 heavy (non-hydrogen) atoms. The van der Waals surface area contributed by atoms with Gasteiger partial charge >= 0.3 is 0 Å². The summed E-state index contributed by atoms with van der Waals surface area (Å²) in [5.74, 6) is -3.78. The van der Waals surface area contributed by atoms with Gasteiger partial charge in [0.1, 0.15) is 22.3 Å². The van der Waals surface area contributed by atoms with E-state index in [9.17, 15) is 17.6 Å². The quantitative estimate of drug-likeness (QED) is 0.308. The summed E-state index contributed by atoms with van der Waals surface area (Å²) in [6, 6.07) is 4.75. The first-order valence-corrected chi connectivity index (χ1v) is 14.0. The maximum absolute atomic E-state index is 15.9. The second-order valence-electron chi connectivity index (χ2n) is 9.66. The zero-order valence-corrected chi connectivity index (χ0v) is 22.2. The molecule has 1 fully saturated rings. The number of nitrogens with one attached hydrogen (secondary N) is 1. The van der Waals surface area contributed by atoms with E-state index >= 15 is 8.78 Å². The summed E-state index contributed by atoms with van der Waals surface area (Å²) in [4.78, 5) is 20.9. The topological polar surface area (TPSA) is 120 Å². The van der Waals surface area contributed by atoms with Crippen LogP contribution in [-0.2, 0) is 10.0 Å². The Morgan fingerprint density at radius 2 is 1.71 bits per heavy atom. The third kappa shape index (κ3) is 4.08. The summed E-state index contributed by atoms with van der Waals surface area (Å²) in [6.45, 7) is 0. The molecule has 5 aromatic rings. The molecule has 17 heteroatoms. The van der Waals surface area contributed by atoms with E-state index in [4.69, 9.17) is 37.1 Å². The number of hydrogen-bond donors (Lipinski definition) is 2. The first kappa shape index (κ1) is 27.5. The highest BCUT2D eigenvalue weighted by Gasteiger charge is 2.63. The summed E-state index contributed by atoms with van der Waals surface area (Å²) in [6.07, 6.45) is 1.25. The van der Waals surface area contributed by atoms with Crippen molar-refractivity contribution in [3.05, 3.63) is 75.9 Å². The van der Waals surface area contributed by atoms with Crippen molar-refractivity contribution in [1.82, 2.24) is 14.5 Å². The maximum atomic E-state index is 15.9. The lowest BCUT2D eigenvalue weighted by Gasteiger charge is -2.18. The van der Waals surface area contributed by atoms with Crippen molar-refractivity contribution >= 4 is 85.4 Å². The average Bonchev–Trinajstić information content (AvgIpc) is 3.17. The van der Waals surface area contributed by atoms with Gasteiger partial charge in [-0.15, -0.1) is 11.3 Å². The van der Waals surface area contributed by atoms with Gasteiger partial charge in [0.15, 0.2) is 5.82 Å². The molecule has 1 aliphatic carbocycles. The minimum atomic E-state index is -4.72. The molecule has 0 aliphatic heterocycles. The van der Waals surface area contributed by atoms with Crippen LogP contribution in [0.4, 0.5) is 24.7 Å². The molecule has 2 aromatic carbocycles. The highest BCUT2D eigenvalue weighted by atomic mass is 32.2. The van der Waals surface area contributed by atoms with Crippen molar-refractivity contribution < 1.29 is 21.6 Å². The van der Waals surface area contributed by atoms with E-state index in [1.165, 1.54) is 17.8 Å². The lowest BCUT2D eigenvalue weighted by Crippen LogP contribution is -2.25. The molecule has 3 aromatic heterocycles. The predicted octanol–water partition coefficient (Wildman–Crippen LogP) is 2.93. The molecular formula is C24H12B4F3N5O3S2. The molecule has 0 saturated heterocycles. The van der Waals surface area contributed by atoms with Crippen molar-refractivity contribution in [2.75, 3.05) is 10.5 Å². The zero-order valence-electron chi connectivity index (χ0n) is 20.6. The van der Waals surface area contributed by atoms with Crippen molar-refractivity contribution in [1.29, 1.82) is 0 Å². The number of rotatable bonds is 5. The van der Waals surface area contributed by atoms with Gasteiger partial charge in [-0.2, -0.15) is 0 Å². The first-order chi connectivity index (χ1) is 19.1. The number of anilines is 2. The fraction of sp³-hybridized carbons (Fsp3) is 0.125. The lowest BCUT2D eigenvalue weighted by atomic mass is 9.49. The fourth-order valence-corrected chi connectivity index (χ4v) is 6.72. The molecule has 0 unspecified atom stereocenters. The summed E-state index contributed by atoms with van der Waals surface area (Å²) in [5, 5.41) is -3.37. The number of hydrogen-bond acceptors (Lipinski definition) is 7. The Morgan fingerprint density at radius 1 is 1.00 bits per heavy atom. The van der Waals surface area contributed by atoms with Gasteiger partial charge in [0.25, 0.3) is 15.6 Å². The standard InChI is InChI=1S/C24H12B4F3N5O3S2/c25-23(26)22(24(23,27)28)36-15-5-18(32)33-7-9(15)3-10(21(36)37)19-11(29)1-2-13(20(19)31)35-41(38,39)17-6-16-14(4-12(17)30)34-8-40-16/h1-8,22,35H,(H2,32,33). The van der Waals surface area contributed by atoms with Gasteiger partial charge in [0.05, 0.1) is 69.4 Å². The molecule has 0 bridgehead atoms. The van der Waals surface area contributed by atoms with Crippen LogP contribution in [0, 0.1) is 17.5 Å². The number of nitrogens with zero attached hydrogens (tertiary/aromatic N) is 3. The number of pyridine rings is 2. The van der Waals surface area contributed by atoms with Gasteiger partial charge in [-0.1, -0.05) is 10.4 Å². The van der Waals surface area contributed by atoms with Crippen LogP contribution < -0.4 is 16.0 Å². The summed E-state index contributed by atoms with van der Waals surface area (Å²) < 4.78 is 75.2. The van der Waals surface area contributed by atoms with Crippen LogP contribution in [0.15, 0.2) is 57.8 Å². The Kier molecular flexibility index (Phi) is 5.96. The Morgan fingerprint density at radius 3 is 2.39 bits per heavy atom. The van der Waals surface area contributed by atoms with Crippen LogP contribution >= 0.6 is 11.3 Å². The maximum Gasteiger partial charge on any atom is 0.264 e. The SMILES string of the molecule is [B]C1([B])C(n2c(=O)c(-c3c(F)ccc(NS(=O)(=O)c4cc5scnc5cc4F)c3F)cc3cnc(N)cc32)C1([B])[B]. The van der Waals surface area contributed by atoms with E-state index in [0.717, 1.165) is 46.2 Å². The van der Waals surface area contributed by atoms with E-state index < -0.39 is 71.2 Å². The third-order valence-electron chi connectivity index (χ3n) is 7.05. The highest BCUT2D eigenvalue weighted by Crippen LogP contribution is 2.76. The van der Waals surface area contributed by atoms with Gasteiger partial charge in [-0.05, 0) is 24.3 Å². The normalized spacial score (nSPS) is 16.3. The molecule has 196 valence electrons. The Hall–Kier alpha value is -3.71. The zero-order chi connectivity index (χ0) is 29.6. The number of nitrogen functional groups attached to an aromatic ring is 1. The van der Waals surface area contributed by atoms with Gasteiger partial charge in [-0.3, -0.25) is 9.52 Å². The van der Waals surface area contributed by atoms with Crippen LogP contribution in [0.2, 0.25) is 10.4 Å². The number of aromatic nitrogens is 3. The van der Waals surface area contributed by atoms with Crippen molar-refractivity contribution in [2.45, 2.75) is 21.4 Å². The third-order valence-corrected chi connectivity index (χ3v) is 9.22. The van der Waals surface area contributed by atoms with Crippen molar-refractivity contribution in [3.63, 3.8) is 0 Å². The van der Waals surface area contributed by atoms with Crippen LogP contribution in [0.1, 0.15) is 6.04 Å². The molecule has 6 rings (SSSR count). The molecule has 3 heterocycles. The molecule has 0 amide bonds. The van der Waals surface area contributed by atoms with E-state index in [1.807, 2.05) is 4.72 Å². The number of halogens is 3. The Labute approximate surface area is 239 Å². The number of nitrogens with two attached hydrogens (primary N) is 1. The van der Waals surface area contributed by atoms with Gasteiger partial charge in [0.2, 0.25) is 0 Å². The number of benzene rings is 2. The van der Waals surface area contributed by atoms with Gasteiger partial charge in [0, 0.05) is 29.8 Å². The number of sulfonamides is 1. The molecule has 1 aliphatic rings. The van der Waals surface area contributed by atoms with Crippen molar-refractivity contribution in [3.8, 4) is 11.1 Å². The Bertz CT molecular complexity index is 2090. The first-order valence-electron chi connectivity index (χ1n) is 11.7.